The molecule has 1 aromatic carbocycles. The van der Waals surface area contributed by atoms with Gasteiger partial charge < -0.3 is 16.4 Å². The number of carbonyl (C=O) groups is 2. The highest BCUT2D eigenvalue weighted by molar-refractivity contribution is 5.87. The smallest absolute Gasteiger partial charge is 0.242 e. The molecule has 0 aliphatic heterocycles. The number of benzene rings is 1. The number of anilines is 1. The van der Waals surface area contributed by atoms with Gasteiger partial charge >= 0.3 is 0 Å². The lowest BCUT2D eigenvalue weighted by molar-refractivity contribution is -0.129. The average Bonchev–Trinajstić information content (AvgIpc) is 3.00. The van der Waals surface area contributed by atoms with E-state index < -0.39 is 6.04 Å². The van der Waals surface area contributed by atoms with Crippen molar-refractivity contribution < 1.29 is 9.59 Å². The zero-order valence-corrected chi connectivity index (χ0v) is 14.3. The standard InChI is InChI=1S/C17H25N3O2.ClH/c1-12(21)20-16(14-4-2-3-5-14)17(22)19-11-10-13-6-8-15(18)9-7-13;/h6-9,14,16H,2-5,10-11,18H2,1H3,(H,19,22)(H,20,21);1H. The molecule has 1 aromatic rings. The summed E-state index contributed by atoms with van der Waals surface area (Å²) < 4.78 is 0. The number of hydrogen-bond acceptors (Lipinski definition) is 3. The summed E-state index contributed by atoms with van der Waals surface area (Å²) in [5.74, 6) is 0.0450. The van der Waals surface area contributed by atoms with Gasteiger partial charge in [-0.25, -0.2) is 0 Å². The van der Waals surface area contributed by atoms with Gasteiger partial charge in [-0.15, -0.1) is 12.4 Å². The molecule has 1 fully saturated rings. The number of hydrogen-bond donors (Lipinski definition) is 3. The van der Waals surface area contributed by atoms with Gasteiger partial charge in [0.2, 0.25) is 11.8 Å². The first-order chi connectivity index (χ1) is 10.6. The maximum absolute atomic E-state index is 12.4. The summed E-state index contributed by atoms with van der Waals surface area (Å²) in [6.45, 7) is 2.02. The minimum Gasteiger partial charge on any atom is -0.399 e. The van der Waals surface area contributed by atoms with E-state index in [1.54, 1.807) is 0 Å². The molecule has 128 valence electrons. The Morgan fingerprint density at radius 3 is 2.39 bits per heavy atom. The third-order valence-electron chi connectivity index (χ3n) is 4.21. The van der Waals surface area contributed by atoms with Crippen LogP contribution >= 0.6 is 12.4 Å². The molecule has 0 saturated heterocycles. The molecule has 0 aromatic heterocycles. The van der Waals surface area contributed by atoms with E-state index in [1.807, 2.05) is 24.3 Å². The van der Waals surface area contributed by atoms with Crippen LogP contribution in [-0.4, -0.2) is 24.4 Å². The van der Waals surface area contributed by atoms with Crippen molar-refractivity contribution in [2.45, 2.75) is 45.1 Å². The van der Waals surface area contributed by atoms with Crippen molar-refractivity contribution in [3.63, 3.8) is 0 Å². The Balaban J connectivity index is 0.00000264. The van der Waals surface area contributed by atoms with Crippen LogP contribution < -0.4 is 16.4 Å². The molecule has 6 heteroatoms. The third kappa shape index (κ3) is 6.10. The van der Waals surface area contributed by atoms with Gasteiger partial charge in [-0.2, -0.15) is 0 Å². The van der Waals surface area contributed by atoms with E-state index in [0.717, 1.165) is 43.4 Å². The fourth-order valence-electron chi connectivity index (χ4n) is 3.03. The molecule has 1 aliphatic carbocycles. The fourth-order valence-corrected chi connectivity index (χ4v) is 3.03. The highest BCUT2D eigenvalue weighted by Crippen LogP contribution is 2.27. The van der Waals surface area contributed by atoms with Crippen LogP contribution in [0.3, 0.4) is 0 Å². The summed E-state index contributed by atoms with van der Waals surface area (Å²) in [4.78, 5) is 23.7. The lowest BCUT2D eigenvalue weighted by atomic mass is 9.97. The summed E-state index contributed by atoms with van der Waals surface area (Å²) in [7, 11) is 0. The average molecular weight is 340 g/mol. The molecule has 1 saturated carbocycles. The SMILES string of the molecule is CC(=O)NC(C(=O)NCCc1ccc(N)cc1)C1CCCC1.Cl. The van der Waals surface area contributed by atoms with E-state index in [1.165, 1.54) is 6.92 Å². The largest absolute Gasteiger partial charge is 0.399 e. The predicted octanol–water partition coefficient (Wildman–Crippen LogP) is 2.04. The van der Waals surface area contributed by atoms with E-state index >= 15 is 0 Å². The first-order valence-electron chi connectivity index (χ1n) is 7.95. The van der Waals surface area contributed by atoms with Gasteiger partial charge in [-0.1, -0.05) is 25.0 Å². The van der Waals surface area contributed by atoms with Gasteiger partial charge in [0.25, 0.3) is 0 Å². The molecule has 1 atom stereocenters. The Bertz CT molecular complexity index is 513. The molecule has 1 unspecified atom stereocenters. The molecule has 1 aliphatic rings. The topological polar surface area (TPSA) is 84.2 Å². The maximum atomic E-state index is 12.4. The molecular formula is C17H26ClN3O2. The van der Waals surface area contributed by atoms with Crippen LogP contribution in [0.15, 0.2) is 24.3 Å². The summed E-state index contributed by atoms with van der Waals surface area (Å²) in [6, 6.07) is 7.24. The zero-order chi connectivity index (χ0) is 15.9. The molecule has 5 nitrogen and oxygen atoms in total. The van der Waals surface area contributed by atoms with E-state index in [2.05, 4.69) is 10.6 Å². The van der Waals surface area contributed by atoms with E-state index in [0.29, 0.717) is 6.54 Å². The Labute approximate surface area is 143 Å². The van der Waals surface area contributed by atoms with Crippen molar-refractivity contribution in [2.75, 3.05) is 12.3 Å². The van der Waals surface area contributed by atoms with Crippen LogP contribution in [0.25, 0.3) is 0 Å². The van der Waals surface area contributed by atoms with E-state index in [4.69, 9.17) is 5.73 Å². The van der Waals surface area contributed by atoms with Crippen LogP contribution in [0, 0.1) is 5.92 Å². The second-order valence-corrected chi connectivity index (χ2v) is 6.01. The monoisotopic (exact) mass is 339 g/mol. The quantitative estimate of drug-likeness (QED) is 0.693. The maximum Gasteiger partial charge on any atom is 0.242 e. The van der Waals surface area contributed by atoms with Gasteiger partial charge in [0.05, 0.1) is 0 Å². The van der Waals surface area contributed by atoms with E-state index in [9.17, 15) is 9.59 Å². The van der Waals surface area contributed by atoms with Crippen molar-refractivity contribution in [3.05, 3.63) is 29.8 Å². The normalized spacial score (nSPS) is 15.5. The van der Waals surface area contributed by atoms with Gasteiger partial charge in [-0.05, 0) is 42.9 Å². The number of nitrogens with one attached hydrogen (secondary N) is 2. The number of carbonyl (C=O) groups excluding carboxylic acids is 2. The number of rotatable bonds is 6. The summed E-state index contributed by atoms with van der Waals surface area (Å²) >= 11 is 0. The summed E-state index contributed by atoms with van der Waals surface area (Å²) in [5.41, 5.74) is 7.52. The van der Waals surface area contributed by atoms with Crippen molar-refractivity contribution in [1.29, 1.82) is 0 Å². The third-order valence-corrected chi connectivity index (χ3v) is 4.21. The van der Waals surface area contributed by atoms with Crippen molar-refractivity contribution in [1.82, 2.24) is 10.6 Å². The van der Waals surface area contributed by atoms with Crippen molar-refractivity contribution in [3.8, 4) is 0 Å². The Morgan fingerprint density at radius 1 is 1.22 bits per heavy atom. The Hall–Kier alpha value is -1.75. The molecular weight excluding hydrogens is 314 g/mol. The molecule has 0 radical (unpaired) electrons. The Kier molecular flexibility index (Phi) is 7.89. The van der Waals surface area contributed by atoms with Crippen molar-refractivity contribution in [2.24, 2.45) is 5.92 Å². The predicted molar refractivity (Wildman–Crippen MR) is 94.4 cm³/mol. The number of amides is 2. The minimum absolute atomic E-state index is 0. The zero-order valence-electron chi connectivity index (χ0n) is 13.5. The summed E-state index contributed by atoms with van der Waals surface area (Å²) in [5, 5.41) is 5.75. The minimum atomic E-state index is -0.397. The first-order valence-corrected chi connectivity index (χ1v) is 7.95. The van der Waals surface area contributed by atoms with Gasteiger partial charge in [0.1, 0.15) is 6.04 Å². The Morgan fingerprint density at radius 2 is 1.83 bits per heavy atom. The molecule has 0 spiro atoms. The second kappa shape index (κ2) is 9.40. The number of nitrogens with two attached hydrogens (primary N) is 1. The van der Waals surface area contributed by atoms with Crippen LogP contribution in [-0.2, 0) is 16.0 Å². The molecule has 23 heavy (non-hydrogen) atoms. The van der Waals surface area contributed by atoms with Gasteiger partial charge in [0, 0.05) is 19.2 Å². The molecule has 0 bridgehead atoms. The second-order valence-electron chi connectivity index (χ2n) is 6.01. The number of nitrogen functional groups attached to an aromatic ring is 1. The molecule has 0 heterocycles. The molecule has 2 amide bonds. The summed E-state index contributed by atoms with van der Waals surface area (Å²) in [6.07, 6.45) is 5.05. The van der Waals surface area contributed by atoms with Crippen LogP contribution in [0.2, 0.25) is 0 Å². The van der Waals surface area contributed by atoms with Gasteiger partial charge in [0.15, 0.2) is 0 Å². The highest BCUT2D eigenvalue weighted by atomic mass is 35.5. The lowest BCUT2D eigenvalue weighted by Gasteiger charge is -2.23. The van der Waals surface area contributed by atoms with Crippen LogP contribution in [0.4, 0.5) is 5.69 Å². The molecule has 2 rings (SSSR count). The first kappa shape index (κ1) is 19.3. The highest BCUT2D eigenvalue weighted by Gasteiger charge is 2.30. The lowest BCUT2D eigenvalue weighted by Crippen LogP contribution is -2.50. The van der Waals surface area contributed by atoms with Crippen LogP contribution in [0.5, 0.6) is 0 Å². The fraction of sp³-hybridized carbons (Fsp3) is 0.529. The molecule has 4 N–H and O–H groups in total. The number of halogens is 1. The van der Waals surface area contributed by atoms with E-state index in [-0.39, 0.29) is 30.1 Å². The van der Waals surface area contributed by atoms with Gasteiger partial charge in [-0.3, -0.25) is 9.59 Å². The van der Waals surface area contributed by atoms with Crippen molar-refractivity contribution >= 4 is 29.9 Å². The van der Waals surface area contributed by atoms with Crippen LogP contribution in [0.1, 0.15) is 38.2 Å².